The highest BCUT2D eigenvalue weighted by Crippen LogP contribution is 2.35. The van der Waals surface area contributed by atoms with Gasteiger partial charge in [-0.3, -0.25) is 0 Å². The van der Waals surface area contributed by atoms with Gasteiger partial charge in [0.15, 0.2) is 0 Å². The van der Waals surface area contributed by atoms with E-state index in [4.69, 9.17) is 4.74 Å². The van der Waals surface area contributed by atoms with Crippen LogP contribution in [0, 0.1) is 6.92 Å². The van der Waals surface area contributed by atoms with E-state index in [1.54, 1.807) is 0 Å². The molecule has 0 radical (unpaired) electrons. The lowest BCUT2D eigenvalue weighted by atomic mass is 10.00. The Morgan fingerprint density at radius 1 is 1.44 bits per heavy atom. The van der Waals surface area contributed by atoms with Crippen LogP contribution in [0.15, 0.2) is 24.3 Å². The van der Waals surface area contributed by atoms with Crippen molar-refractivity contribution in [1.82, 2.24) is 4.98 Å². The molecule has 94 valence electrons. The predicted octanol–water partition coefficient (Wildman–Crippen LogP) is 3.16. The number of benzene rings is 1. The Kier molecular flexibility index (Phi) is 3.15. The van der Waals surface area contributed by atoms with Crippen LogP contribution in [0.1, 0.15) is 23.7 Å². The van der Waals surface area contributed by atoms with Crippen molar-refractivity contribution in [2.75, 3.05) is 4.43 Å². The molecule has 0 saturated carbocycles. The summed E-state index contributed by atoms with van der Waals surface area (Å²) in [6.07, 6.45) is 0.240. The van der Waals surface area contributed by atoms with Gasteiger partial charge in [0.05, 0.1) is 11.6 Å². The number of ether oxygens (including phenoxy) is 1. The molecule has 1 aliphatic rings. The van der Waals surface area contributed by atoms with E-state index in [1.165, 1.54) is 5.56 Å². The maximum absolute atomic E-state index is 10.2. The summed E-state index contributed by atoms with van der Waals surface area (Å²) in [6, 6.07) is 8.11. The highest BCUT2D eigenvalue weighted by Gasteiger charge is 2.27. The van der Waals surface area contributed by atoms with Gasteiger partial charge in [-0.2, -0.15) is 0 Å². The van der Waals surface area contributed by atoms with Crippen LogP contribution in [0.5, 0.6) is 5.88 Å². The van der Waals surface area contributed by atoms with Crippen LogP contribution in [-0.2, 0) is 0 Å². The summed E-state index contributed by atoms with van der Waals surface area (Å²) in [7, 11) is 0. The van der Waals surface area contributed by atoms with Crippen LogP contribution >= 0.6 is 22.6 Å². The van der Waals surface area contributed by atoms with Gasteiger partial charge in [-0.25, -0.2) is 4.98 Å². The molecule has 0 unspecified atom stereocenters. The molecule has 1 N–H and O–H groups in total. The zero-order valence-electron chi connectivity index (χ0n) is 10.1. The van der Waals surface area contributed by atoms with Gasteiger partial charge in [0.25, 0.3) is 0 Å². The highest BCUT2D eigenvalue weighted by molar-refractivity contribution is 14.1. The van der Waals surface area contributed by atoms with Crippen molar-refractivity contribution in [2.45, 2.75) is 25.6 Å². The average Bonchev–Trinajstić information content (AvgIpc) is 2.37. The van der Waals surface area contributed by atoms with Gasteiger partial charge >= 0.3 is 0 Å². The molecule has 1 aromatic heterocycles. The minimum atomic E-state index is -0.467. The maximum Gasteiger partial charge on any atom is 0.220 e. The number of aromatic nitrogens is 1. The van der Waals surface area contributed by atoms with Crippen molar-refractivity contribution in [3.8, 4) is 5.88 Å². The molecule has 1 aliphatic heterocycles. The molecule has 4 heteroatoms. The van der Waals surface area contributed by atoms with Crippen LogP contribution in [-0.4, -0.2) is 20.6 Å². The topological polar surface area (TPSA) is 42.4 Å². The van der Waals surface area contributed by atoms with E-state index >= 15 is 0 Å². The van der Waals surface area contributed by atoms with E-state index in [1.807, 2.05) is 18.2 Å². The van der Waals surface area contributed by atoms with Gasteiger partial charge in [0.1, 0.15) is 6.10 Å². The lowest BCUT2D eigenvalue weighted by Gasteiger charge is -2.27. The number of aliphatic hydroxyl groups excluding tert-OH is 1. The molecule has 2 heterocycles. The Bertz CT molecular complexity index is 600. The number of hydrogen-bond donors (Lipinski definition) is 1. The summed E-state index contributed by atoms with van der Waals surface area (Å²) < 4.78 is 6.67. The molecule has 0 fully saturated rings. The van der Waals surface area contributed by atoms with Gasteiger partial charge in [0, 0.05) is 21.8 Å². The minimum Gasteiger partial charge on any atom is -0.473 e. The first-order valence-corrected chi connectivity index (χ1v) is 7.52. The largest absolute Gasteiger partial charge is 0.473 e. The fraction of sp³-hybridized carbons (Fsp3) is 0.357. The number of fused-ring (bicyclic) bond motifs is 2. The summed E-state index contributed by atoms with van der Waals surface area (Å²) in [6.45, 7) is 2.05. The Morgan fingerprint density at radius 3 is 3.06 bits per heavy atom. The molecule has 2 atom stereocenters. The Balaban J connectivity index is 2.15. The van der Waals surface area contributed by atoms with Crippen molar-refractivity contribution in [2.24, 2.45) is 0 Å². The Hall–Kier alpha value is -0.880. The predicted molar refractivity (Wildman–Crippen MR) is 79.4 cm³/mol. The van der Waals surface area contributed by atoms with Crippen molar-refractivity contribution in [1.29, 1.82) is 0 Å². The second-order valence-corrected chi connectivity index (χ2v) is 5.61. The fourth-order valence-corrected chi connectivity index (χ4v) is 2.84. The van der Waals surface area contributed by atoms with E-state index < -0.39 is 6.10 Å². The highest BCUT2D eigenvalue weighted by atomic mass is 127. The number of rotatable bonds is 1. The van der Waals surface area contributed by atoms with Crippen LogP contribution in [0.2, 0.25) is 0 Å². The molecular weight excluding hydrogens is 341 g/mol. The van der Waals surface area contributed by atoms with Crippen LogP contribution < -0.4 is 4.74 Å². The molecular formula is C14H14INO2. The van der Waals surface area contributed by atoms with Crippen LogP contribution in [0.25, 0.3) is 10.9 Å². The van der Waals surface area contributed by atoms with Gasteiger partial charge in [-0.05, 0) is 25.1 Å². The van der Waals surface area contributed by atoms with Gasteiger partial charge in [-0.15, -0.1) is 0 Å². The molecule has 3 rings (SSSR count). The Labute approximate surface area is 119 Å². The molecule has 18 heavy (non-hydrogen) atoms. The van der Waals surface area contributed by atoms with Crippen molar-refractivity contribution in [3.05, 3.63) is 35.4 Å². The van der Waals surface area contributed by atoms with E-state index in [0.29, 0.717) is 12.3 Å². The van der Waals surface area contributed by atoms with Crippen molar-refractivity contribution >= 4 is 33.5 Å². The number of pyridine rings is 1. The lowest BCUT2D eigenvalue weighted by molar-refractivity contribution is 0.0747. The van der Waals surface area contributed by atoms with Gasteiger partial charge in [-0.1, -0.05) is 34.2 Å². The number of alkyl halides is 1. The summed E-state index contributed by atoms with van der Waals surface area (Å²) in [5, 5.41) is 11.2. The normalized spacial score (nSPS) is 22.6. The standard InChI is InChI=1S/C14H14INO2/c1-8-2-3-12-9(4-8)5-11-13(17)6-10(7-15)18-14(11)16-12/h2-5,10,13,17H,6-7H2,1H3/t10-,13-/m0/s1. The number of nitrogens with zero attached hydrogens (tertiary/aromatic N) is 1. The van der Waals surface area contributed by atoms with E-state index in [0.717, 1.165) is 20.9 Å². The van der Waals surface area contributed by atoms with Crippen molar-refractivity contribution in [3.63, 3.8) is 0 Å². The van der Waals surface area contributed by atoms with Gasteiger partial charge < -0.3 is 9.84 Å². The molecule has 1 aromatic carbocycles. The first-order chi connectivity index (χ1) is 8.67. The quantitative estimate of drug-likeness (QED) is 0.631. The van der Waals surface area contributed by atoms with E-state index in [9.17, 15) is 5.11 Å². The summed E-state index contributed by atoms with van der Waals surface area (Å²) in [5.41, 5.74) is 2.93. The fourth-order valence-electron chi connectivity index (χ4n) is 2.30. The second-order valence-electron chi connectivity index (χ2n) is 4.72. The molecule has 0 saturated heterocycles. The van der Waals surface area contributed by atoms with Crippen LogP contribution in [0.4, 0.5) is 0 Å². The maximum atomic E-state index is 10.2. The first-order valence-electron chi connectivity index (χ1n) is 5.99. The summed E-state index contributed by atoms with van der Waals surface area (Å²) in [4.78, 5) is 4.52. The summed E-state index contributed by atoms with van der Waals surface area (Å²) >= 11 is 2.27. The molecule has 2 aromatic rings. The number of halogens is 1. The second kappa shape index (κ2) is 4.66. The SMILES string of the molecule is Cc1ccc2nc3c(cc2c1)[C@@H](O)C[C@@H](CI)O3. The first kappa shape index (κ1) is 12.2. The third kappa shape index (κ3) is 2.07. The zero-order chi connectivity index (χ0) is 12.7. The smallest absolute Gasteiger partial charge is 0.220 e. The molecule has 0 spiro atoms. The number of aryl methyl sites for hydroxylation is 1. The number of hydrogen-bond acceptors (Lipinski definition) is 3. The lowest BCUT2D eigenvalue weighted by Crippen LogP contribution is -2.27. The molecule has 0 amide bonds. The van der Waals surface area contributed by atoms with Gasteiger partial charge in [0.2, 0.25) is 5.88 Å². The number of aliphatic hydroxyl groups is 1. The third-order valence-electron chi connectivity index (χ3n) is 3.26. The average molecular weight is 355 g/mol. The molecule has 0 bridgehead atoms. The molecule has 0 aliphatic carbocycles. The van der Waals surface area contributed by atoms with Crippen molar-refractivity contribution < 1.29 is 9.84 Å². The van der Waals surface area contributed by atoms with Crippen LogP contribution in [0.3, 0.4) is 0 Å². The van der Waals surface area contributed by atoms with E-state index in [-0.39, 0.29) is 6.10 Å². The monoisotopic (exact) mass is 355 g/mol. The zero-order valence-corrected chi connectivity index (χ0v) is 12.2. The Morgan fingerprint density at radius 2 is 2.28 bits per heavy atom. The minimum absolute atomic E-state index is 0.0588. The summed E-state index contributed by atoms with van der Waals surface area (Å²) in [5.74, 6) is 0.590. The van der Waals surface area contributed by atoms with E-state index in [2.05, 4.69) is 40.6 Å². The molecule has 3 nitrogen and oxygen atoms in total. The third-order valence-corrected chi connectivity index (χ3v) is 4.24.